The molecule has 2 aromatic carbocycles. The molecule has 1 aromatic heterocycles. The first-order chi connectivity index (χ1) is 22.7. The molecule has 0 bridgehead atoms. The smallest absolute Gasteiger partial charge is 0.338 e. The van der Waals surface area contributed by atoms with E-state index in [1.807, 2.05) is 6.92 Å². The van der Waals surface area contributed by atoms with Crippen LogP contribution < -0.4 is 33.8 Å². The number of thiazole rings is 1. The summed E-state index contributed by atoms with van der Waals surface area (Å²) in [5.41, 5.74) is 1.61. The van der Waals surface area contributed by atoms with Crippen LogP contribution in [0.2, 0.25) is 0 Å². The van der Waals surface area contributed by atoms with Crippen molar-refractivity contribution in [1.29, 1.82) is 0 Å². The third kappa shape index (κ3) is 7.24. The van der Waals surface area contributed by atoms with Crippen molar-refractivity contribution in [2.24, 2.45) is 4.99 Å². The van der Waals surface area contributed by atoms with E-state index >= 15 is 0 Å². The van der Waals surface area contributed by atoms with Gasteiger partial charge in [-0.1, -0.05) is 33.3 Å². The number of hydrogen-bond donors (Lipinski definition) is 0. The molecule has 0 unspecified atom stereocenters. The van der Waals surface area contributed by atoms with Crippen molar-refractivity contribution in [3.05, 3.63) is 76.9 Å². The fourth-order valence-electron chi connectivity index (χ4n) is 5.36. The van der Waals surface area contributed by atoms with Crippen LogP contribution in [0.5, 0.6) is 23.0 Å². The van der Waals surface area contributed by atoms with Crippen LogP contribution in [0.25, 0.3) is 6.08 Å². The van der Waals surface area contributed by atoms with E-state index in [0.29, 0.717) is 86.5 Å². The molecule has 3 heterocycles. The van der Waals surface area contributed by atoms with Gasteiger partial charge in [0.2, 0.25) is 0 Å². The van der Waals surface area contributed by atoms with Gasteiger partial charge in [-0.05, 0) is 62.2 Å². The maximum Gasteiger partial charge on any atom is 0.338 e. The standard InChI is InChI=1S/C33H36BrN3O9S/c1-6-44-26-14-20(8-9-23(26)46-18-28(38)36-10-12-43-13-11-36)15-27-31(39)37-30(21-16-24(41-4)25(42-5)17-22(21)34)29(32(40)45-7-2)19(3)35-33(37)47-27/h8-9,14-17,30H,6-7,10-13,18H2,1-5H3/b27-15+/t30-/m1/s1. The van der Waals surface area contributed by atoms with Gasteiger partial charge in [-0.25, -0.2) is 9.79 Å². The number of methoxy groups -OCH3 is 2. The van der Waals surface area contributed by atoms with Gasteiger partial charge in [0.1, 0.15) is 0 Å². The zero-order valence-electron chi connectivity index (χ0n) is 26.8. The molecule has 5 rings (SSSR count). The lowest BCUT2D eigenvalue weighted by Crippen LogP contribution is -2.43. The number of carbonyl (C=O) groups is 2. The molecular formula is C33H36BrN3O9S. The molecule has 14 heteroatoms. The lowest BCUT2D eigenvalue weighted by Gasteiger charge is -2.26. The first-order valence-corrected chi connectivity index (χ1v) is 16.7. The summed E-state index contributed by atoms with van der Waals surface area (Å²) in [6, 6.07) is 7.86. The summed E-state index contributed by atoms with van der Waals surface area (Å²) in [5.74, 6) is 1.07. The van der Waals surface area contributed by atoms with E-state index in [-0.39, 0.29) is 30.3 Å². The Bertz CT molecular complexity index is 1880. The van der Waals surface area contributed by atoms with Crippen LogP contribution in [0.1, 0.15) is 37.9 Å². The van der Waals surface area contributed by atoms with Gasteiger partial charge in [-0.2, -0.15) is 0 Å². The number of carbonyl (C=O) groups excluding carboxylic acids is 2. The van der Waals surface area contributed by atoms with E-state index in [1.165, 1.54) is 30.1 Å². The number of rotatable bonds is 11. The Morgan fingerprint density at radius 3 is 2.43 bits per heavy atom. The minimum atomic E-state index is -0.861. The van der Waals surface area contributed by atoms with Crippen molar-refractivity contribution in [2.45, 2.75) is 26.8 Å². The molecule has 1 saturated heterocycles. The maximum absolute atomic E-state index is 14.2. The van der Waals surface area contributed by atoms with Crippen molar-refractivity contribution in [3.8, 4) is 23.0 Å². The van der Waals surface area contributed by atoms with Crippen LogP contribution >= 0.6 is 27.3 Å². The second-order valence-corrected chi connectivity index (χ2v) is 12.3. The van der Waals surface area contributed by atoms with E-state index in [0.717, 1.165) is 0 Å². The number of ether oxygens (including phenoxy) is 6. The van der Waals surface area contributed by atoms with E-state index in [2.05, 4.69) is 20.9 Å². The molecule has 12 nitrogen and oxygen atoms in total. The summed E-state index contributed by atoms with van der Waals surface area (Å²) in [7, 11) is 3.05. The topological polar surface area (TPSA) is 127 Å². The number of fused-ring (bicyclic) bond motifs is 1. The van der Waals surface area contributed by atoms with Crippen molar-refractivity contribution >= 4 is 45.2 Å². The van der Waals surface area contributed by atoms with Gasteiger partial charge in [0.15, 0.2) is 34.4 Å². The highest BCUT2D eigenvalue weighted by atomic mass is 79.9. The SMILES string of the molecule is CCOC(=O)C1=C(C)N=c2s/c(=C/c3ccc(OCC(=O)N4CCOCC4)c(OCC)c3)c(=O)n2[C@@H]1c1cc(OC)c(OC)cc1Br. The molecular weight excluding hydrogens is 694 g/mol. The molecule has 3 aromatic rings. The highest BCUT2D eigenvalue weighted by Crippen LogP contribution is 2.41. The summed E-state index contributed by atoms with van der Waals surface area (Å²) in [5, 5.41) is 0. The number of aromatic nitrogens is 1. The number of halogens is 1. The summed E-state index contributed by atoms with van der Waals surface area (Å²) >= 11 is 4.82. The lowest BCUT2D eigenvalue weighted by molar-refractivity contribution is -0.139. The first-order valence-electron chi connectivity index (χ1n) is 15.1. The number of amides is 1. The van der Waals surface area contributed by atoms with Crippen LogP contribution in [0.4, 0.5) is 0 Å². The molecule has 0 spiro atoms. The number of morpholine rings is 1. The van der Waals surface area contributed by atoms with E-state index in [9.17, 15) is 14.4 Å². The summed E-state index contributed by atoms with van der Waals surface area (Å²) < 4.78 is 35.9. The quantitative estimate of drug-likeness (QED) is 0.274. The van der Waals surface area contributed by atoms with Crippen molar-refractivity contribution in [3.63, 3.8) is 0 Å². The zero-order chi connectivity index (χ0) is 33.7. The van der Waals surface area contributed by atoms with Gasteiger partial charge in [0, 0.05) is 17.6 Å². The number of nitrogens with zero attached hydrogens (tertiary/aromatic N) is 3. The molecule has 1 atom stereocenters. The van der Waals surface area contributed by atoms with Gasteiger partial charge in [0.05, 0.1) is 62.5 Å². The third-order valence-electron chi connectivity index (χ3n) is 7.59. The molecule has 0 radical (unpaired) electrons. The average Bonchev–Trinajstić information content (AvgIpc) is 3.37. The second kappa shape index (κ2) is 15.2. The Balaban J connectivity index is 1.56. The summed E-state index contributed by atoms with van der Waals surface area (Å²) in [6.45, 7) is 7.76. The molecule has 2 aliphatic rings. The minimum Gasteiger partial charge on any atom is -0.493 e. The maximum atomic E-state index is 14.2. The number of esters is 1. The first kappa shape index (κ1) is 34.2. The van der Waals surface area contributed by atoms with Crippen molar-refractivity contribution in [1.82, 2.24) is 9.47 Å². The Morgan fingerprint density at radius 2 is 1.74 bits per heavy atom. The third-order valence-corrected chi connectivity index (χ3v) is 9.26. The van der Waals surface area contributed by atoms with Crippen LogP contribution in [-0.2, 0) is 19.1 Å². The molecule has 1 amide bonds. The van der Waals surface area contributed by atoms with Crippen LogP contribution in [0.3, 0.4) is 0 Å². The molecule has 1 fully saturated rings. The molecule has 2 aliphatic heterocycles. The number of allylic oxidation sites excluding steroid dienone is 1. The predicted molar refractivity (Wildman–Crippen MR) is 178 cm³/mol. The van der Waals surface area contributed by atoms with E-state index in [1.54, 1.807) is 55.2 Å². The van der Waals surface area contributed by atoms with Crippen LogP contribution in [-0.4, -0.2) is 81.7 Å². The fourth-order valence-corrected chi connectivity index (χ4v) is 6.95. The fraction of sp³-hybridized carbons (Fsp3) is 0.394. The highest BCUT2D eigenvalue weighted by Gasteiger charge is 2.35. The largest absolute Gasteiger partial charge is 0.493 e. The molecule has 0 saturated carbocycles. The Kier molecular flexibility index (Phi) is 11.0. The highest BCUT2D eigenvalue weighted by molar-refractivity contribution is 9.10. The Hall–Kier alpha value is -4.14. The second-order valence-electron chi connectivity index (χ2n) is 10.5. The zero-order valence-corrected chi connectivity index (χ0v) is 29.2. The van der Waals surface area contributed by atoms with Crippen LogP contribution in [0.15, 0.2) is 55.9 Å². The van der Waals surface area contributed by atoms with Gasteiger partial charge in [-0.15, -0.1) is 0 Å². The van der Waals surface area contributed by atoms with E-state index < -0.39 is 12.0 Å². The Labute approximate surface area is 283 Å². The molecule has 250 valence electrons. The van der Waals surface area contributed by atoms with Crippen molar-refractivity contribution < 1.29 is 38.0 Å². The van der Waals surface area contributed by atoms with Gasteiger partial charge in [0.25, 0.3) is 11.5 Å². The van der Waals surface area contributed by atoms with Crippen molar-refractivity contribution in [2.75, 3.05) is 60.3 Å². The number of benzene rings is 2. The molecule has 0 N–H and O–H groups in total. The lowest BCUT2D eigenvalue weighted by atomic mass is 9.95. The average molecular weight is 731 g/mol. The summed E-state index contributed by atoms with van der Waals surface area (Å²) in [4.78, 5) is 46.9. The predicted octanol–water partition coefficient (Wildman–Crippen LogP) is 3.21. The van der Waals surface area contributed by atoms with Gasteiger partial charge >= 0.3 is 5.97 Å². The van der Waals surface area contributed by atoms with Crippen LogP contribution in [0, 0.1) is 0 Å². The minimum absolute atomic E-state index is 0.130. The normalized spacial score (nSPS) is 16.3. The Morgan fingerprint density at radius 1 is 1.02 bits per heavy atom. The molecule has 0 aliphatic carbocycles. The van der Waals surface area contributed by atoms with Gasteiger partial charge in [-0.3, -0.25) is 14.2 Å². The monoisotopic (exact) mass is 729 g/mol. The summed E-state index contributed by atoms with van der Waals surface area (Å²) in [6.07, 6.45) is 1.74. The number of hydrogen-bond acceptors (Lipinski definition) is 11. The molecule has 47 heavy (non-hydrogen) atoms. The van der Waals surface area contributed by atoms with Gasteiger partial charge < -0.3 is 33.3 Å². The van der Waals surface area contributed by atoms with E-state index in [4.69, 9.17) is 28.4 Å².